The van der Waals surface area contributed by atoms with Crippen molar-refractivity contribution in [1.29, 1.82) is 0 Å². The summed E-state index contributed by atoms with van der Waals surface area (Å²) in [6.07, 6.45) is 3.59. The van der Waals surface area contributed by atoms with Crippen molar-refractivity contribution >= 4 is 29.4 Å². The monoisotopic (exact) mass is 421 g/mol. The average Bonchev–Trinajstić information content (AvgIpc) is 2.84. The highest BCUT2D eigenvalue weighted by Gasteiger charge is 2.52. The van der Waals surface area contributed by atoms with Gasteiger partial charge in [-0.1, -0.05) is 18.5 Å². The second-order valence-corrected chi connectivity index (χ2v) is 8.41. The summed E-state index contributed by atoms with van der Waals surface area (Å²) in [6, 6.07) is 2.74. The van der Waals surface area contributed by atoms with Crippen molar-refractivity contribution in [2.24, 2.45) is 5.92 Å². The molecule has 9 heteroatoms. The Balaban J connectivity index is 1.44. The van der Waals surface area contributed by atoms with Gasteiger partial charge in [-0.15, -0.1) is 0 Å². The zero-order chi connectivity index (χ0) is 20.6. The number of carbonyl (C=O) groups excluding carboxylic acids is 3. The summed E-state index contributed by atoms with van der Waals surface area (Å²) in [7, 11) is 0. The molecule has 1 saturated heterocycles. The third-order valence-corrected chi connectivity index (χ3v) is 6.03. The fourth-order valence-corrected chi connectivity index (χ4v) is 4.34. The molecule has 0 bridgehead atoms. The van der Waals surface area contributed by atoms with Crippen LogP contribution in [0.15, 0.2) is 12.1 Å². The van der Waals surface area contributed by atoms with Gasteiger partial charge in [-0.25, -0.2) is 4.79 Å². The molecule has 0 aromatic heterocycles. The predicted molar refractivity (Wildman–Crippen MR) is 105 cm³/mol. The van der Waals surface area contributed by atoms with Crippen molar-refractivity contribution in [3.63, 3.8) is 0 Å². The first kappa shape index (κ1) is 19.8. The number of nitrogens with zero attached hydrogens (tertiary/aromatic N) is 1. The molecule has 8 nitrogen and oxygen atoms in total. The van der Waals surface area contributed by atoms with Crippen molar-refractivity contribution in [1.82, 2.24) is 15.8 Å². The summed E-state index contributed by atoms with van der Waals surface area (Å²) in [5, 5.41) is 3.95. The molecule has 29 heavy (non-hydrogen) atoms. The van der Waals surface area contributed by atoms with Crippen LogP contribution in [0.3, 0.4) is 0 Å². The van der Waals surface area contributed by atoms with Gasteiger partial charge in [-0.05, 0) is 49.3 Å². The van der Waals surface area contributed by atoms with Crippen LogP contribution in [-0.4, -0.2) is 41.6 Å². The van der Waals surface area contributed by atoms with E-state index in [2.05, 4.69) is 17.7 Å². The first-order valence-electron chi connectivity index (χ1n) is 9.92. The molecule has 2 heterocycles. The molecule has 2 aliphatic heterocycles. The number of amides is 4. The molecule has 3 aliphatic rings. The largest absolute Gasteiger partial charge is 0.489 e. The van der Waals surface area contributed by atoms with Crippen molar-refractivity contribution in [3.05, 3.63) is 22.7 Å². The highest BCUT2D eigenvalue weighted by atomic mass is 35.5. The maximum atomic E-state index is 12.8. The maximum absolute atomic E-state index is 12.8. The molecule has 4 rings (SSSR count). The van der Waals surface area contributed by atoms with Gasteiger partial charge in [0.25, 0.3) is 5.91 Å². The molecule has 2 fully saturated rings. The summed E-state index contributed by atoms with van der Waals surface area (Å²) in [5.41, 5.74) is 2.15. The normalized spacial score (nSPS) is 26.3. The van der Waals surface area contributed by atoms with Crippen LogP contribution in [0.1, 0.15) is 44.6 Å². The maximum Gasteiger partial charge on any atom is 0.344 e. The number of urea groups is 1. The first-order valence-corrected chi connectivity index (χ1v) is 10.3. The number of rotatable bonds is 3. The molecular weight excluding hydrogens is 398 g/mol. The predicted octanol–water partition coefficient (Wildman–Crippen LogP) is 2.58. The van der Waals surface area contributed by atoms with Gasteiger partial charge in [-0.2, -0.15) is 5.01 Å². The Morgan fingerprint density at radius 2 is 2.00 bits per heavy atom. The number of benzene rings is 1. The Bertz CT molecular complexity index is 851. The number of halogens is 1. The number of nitrogens with one attached hydrogen (secondary N) is 2. The molecule has 156 valence electrons. The number of hydrazine groups is 1. The van der Waals surface area contributed by atoms with E-state index < -0.39 is 17.5 Å². The number of hydrogen-bond acceptors (Lipinski definition) is 5. The van der Waals surface area contributed by atoms with Crippen molar-refractivity contribution in [3.8, 4) is 11.5 Å². The van der Waals surface area contributed by atoms with E-state index in [0.29, 0.717) is 54.1 Å². The minimum atomic E-state index is -0.893. The van der Waals surface area contributed by atoms with Crippen LogP contribution in [0.2, 0.25) is 5.02 Å². The van der Waals surface area contributed by atoms with E-state index in [4.69, 9.17) is 21.1 Å². The number of imide groups is 1. The number of ether oxygens (including phenoxy) is 2. The molecule has 1 aliphatic carbocycles. The lowest BCUT2D eigenvalue weighted by Crippen LogP contribution is -2.51. The van der Waals surface area contributed by atoms with Crippen molar-refractivity contribution in [2.45, 2.75) is 51.0 Å². The Labute approximate surface area is 173 Å². The van der Waals surface area contributed by atoms with Crippen LogP contribution in [0.25, 0.3) is 0 Å². The summed E-state index contributed by atoms with van der Waals surface area (Å²) in [5.74, 6) is 0.608. The standard InChI is InChI=1S/C20H24ClN3O5/c1-12-3-5-20(6-4-12)18(26)24(19(27)22-20)23-16(25)11-13-9-14(21)17-15(10-13)28-7-2-8-29-17/h9-10,12H,2-8,11H2,1H3,(H,22,27)(H,23,25). The molecule has 4 amide bonds. The van der Waals surface area contributed by atoms with Crippen LogP contribution < -0.4 is 20.2 Å². The second kappa shape index (κ2) is 7.74. The second-order valence-electron chi connectivity index (χ2n) is 8.00. The molecule has 1 aromatic carbocycles. The van der Waals surface area contributed by atoms with E-state index in [1.165, 1.54) is 0 Å². The fourth-order valence-electron chi connectivity index (χ4n) is 4.05. The van der Waals surface area contributed by atoms with Gasteiger partial charge in [0, 0.05) is 6.42 Å². The van der Waals surface area contributed by atoms with E-state index in [1.54, 1.807) is 12.1 Å². The van der Waals surface area contributed by atoms with Gasteiger partial charge >= 0.3 is 6.03 Å². The first-order chi connectivity index (χ1) is 13.9. The lowest BCUT2D eigenvalue weighted by Gasteiger charge is -2.33. The third-order valence-electron chi connectivity index (χ3n) is 5.75. The third kappa shape index (κ3) is 3.85. The van der Waals surface area contributed by atoms with E-state index in [0.717, 1.165) is 24.3 Å². The zero-order valence-corrected chi connectivity index (χ0v) is 17.0. The van der Waals surface area contributed by atoms with Crippen molar-refractivity contribution in [2.75, 3.05) is 13.2 Å². The van der Waals surface area contributed by atoms with Gasteiger partial charge in [0.15, 0.2) is 11.5 Å². The Morgan fingerprint density at radius 3 is 2.76 bits per heavy atom. The average molecular weight is 422 g/mol. The van der Waals surface area contributed by atoms with E-state index >= 15 is 0 Å². The van der Waals surface area contributed by atoms with Gasteiger partial charge in [-0.3, -0.25) is 15.0 Å². The molecule has 1 spiro atoms. The Kier molecular flexibility index (Phi) is 5.29. The number of fused-ring (bicyclic) bond motifs is 1. The highest BCUT2D eigenvalue weighted by Crippen LogP contribution is 2.38. The van der Waals surface area contributed by atoms with E-state index in [1.807, 2.05) is 0 Å². The number of hydrogen-bond donors (Lipinski definition) is 2. The van der Waals surface area contributed by atoms with Crippen LogP contribution in [-0.2, 0) is 16.0 Å². The lowest BCUT2D eigenvalue weighted by atomic mass is 9.77. The van der Waals surface area contributed by atoms with E-state index in [9.17, 15) is 14.4 Å². The van der Waals surface area contributed by atoms with Gasteiger partial charge in [0.1, 0.15) is 5.54 Å². The minimum absolute atomic E-state index is 0.0581. The highest BCUT2D eigenvalue weighted by molar-refractivity contribution is 6.32. The Hall–Kier alpha value is -2.48. The Morgan fingerprint density at radius 1 is 1.28 bits per heavy atom. The fraction of sp³-hybridized carbons (Fsp3) is 0.550. The van der Waals surface area contributed by atoms with Crippen LogP contribution in [0.4, 0.5) is 4.79 Å². The zero-order valence-electron chi connectivity index (χ0n) is 16.3. The summed E-state index contributed by atoms with van der Waals surface area (Å²) in [6.45, 7) is 3.15. The quantitative estimate of drug-likeness (QED) is 0.731. The van der Waals surface area contributed by atoms with Crippen molar-refractivity contribution < 1.29 is 23.9 Å². The molecule has 0 atom stereocenters. The molecule has 2 N–H and O–H groups in total. The molecular formula is C20H24ClN3O5. The molecule has 1 aromatic rings. The van der Waals surface area contributed by atoms with Gasteiger partial charge in [0.05, 0.1) is 24.7 Å². The SMILES string of the molecule is CC1CCC2(CC1)NC(=O)N(NC(=O)Cc1cc(Cl)c3c(c1)OCCCO3)C2=O. The summed E-state index contributed by atoms with van der Waals surface area (Å²) < 4.78 is 11.2. The van der Waals surface area contributed by atoms with Crippen LogP contribution >= 0.6 is 11.6 Å². The topological polar surface area (TPSA) is 97.0 Å². The van der Waals surface area contributed by atoms with Gasteiger partial charge in [0.2, 0.25) is 5.91 Å². The molecule has 0 radical (unpaired) electrons. The molecule has 0 unspecified atom stereocenters. The lowest BCUT2D eigenvalue weighted by molar-refractivity contribution is -0.139. The van der Waals surface area contributed by atoms with Crippen LogP contribution in [0, 0.1) is 5.92 Å². The summed E-state index contributed by atoms with van der Waals surface area (Å²) >= 11 is 6.26. The molecule has 1 saturated carbocycles. The minimum Gasteiger partial charge on any atom is -0.489 e. The van der Waals surface area contributed by atoms with E-state index in [-0.39, 0.29) is 12.3 Å². The number of carbonyl (C=O) groups is 3. The smallest absolute Gasteiger partial charge is 0.344 e. The van der Waals surface area contributed by atoms with Gasteiger partial charge < -0.3 is 14.8 Å². The van der Waals surface area contributed by atoms with Crippen LogP contribution in [0.5, 0.6) is 11.5 Å². The summed E-state index contributed by atoms with van der Waals surface area (Å²) in [4.78, 5) is 37.7.